The summed E-state index contributed by atoms with van der Waals surface area (Å²) >= 11 is 0. The first-order valence-electron chi connectivity index (χ1n) is 4.67. The van der Waals surface area contributed by atoms with E-state index in [1.165, 1.54) is 12.8 Å². The Balaban J connectivity index is 1.85. The highest BCUT2D eigenvalue weighted by atomic mass is 16.3. The SMILES string of the molecule is OC(CNC1CC1)c1ccncc1. The van der Waals surface area contributed by atoms with Crippen LogP contribution in [0.15, 0.2) is 24.5 Å². The second kappa shape index (κ2) is 3.85. The summed E-state index contributed by atoms with van der Waals surface area (Å²) in [7, 11) is 0. The molecule has 0 aliphatic heterocycles. The van der Waals surface area contributed by atoms with Gasteiger partial charge in [0.2, 0.25) is 0 Å². The minimum Gasteiger partial charge on any atom is -0.387 e. The minimum absolute atomic E-state index is 0.399. The molecule has 2 rings (SSSR count). The fourth-order valence-electron chi connectivity index (χ4n) is 1.27. The molecule has 0 bridgehead atoms. The molecule has 1 aliphatic rings. The van der Waals surface area contributed by atoms with Gasteiger partial charge in [0.1, 0.15) is 0 Å². The highest BCUT2D eigenvalue weighted by Crippen LogP contribution is 2.20. The molecular weight excluding hydrogens is 164 g/mol. The van der Waals surface area contributed by atoms with Crippen molar-refractivity contribution >= 4 is 0 Å². The number of hydrogen-bond acceptors (Lipinski definition) is 3. The summed E-state index contributed by atoms with van der Waals surface area (Å²) in [5, 5.41) is 13.0. The van der Waals surface area contributed by atoms with Gasteiger partial charge in [-0.15, -0.1) is 0 Å². The Morgan fingerprint density at radius 1 is 1.46 bits per heavy atom. The summed E-state index contributed by atoms with van der Waals surface area (Å²) in [5.74, 6) is 0. The van der Waals surface area contributed by atoms with Crippen molar-refractivity contribution in [3.63, 3.8) is 0 Å². The highest BCUT2D eigenvalue weighted by Gasteiger charge is 2.21. The average Bonchev–Trinajstić information content (AvgIpc) is 2.99. The molecule has 0 spiro atoms. The largest absolute Gasteiger partial charge is 0.387 e. The topological polar surface area (TPSA) is 45.1 Å². The second-order valence-electron chi connectivity index (χ2n) is 3.48. The van der Waals surface area contributed by atoms with Crippen LogP contribution in [0.1, 0.15) is 24.5 Å². The van der Waals surface area contributed by atoms with Crippen LogP contribution in [0.5, 0.6) is 0 Å². The van der Waals surface area contributed by atoms with Crippen molar-refractivity contribution in [1.82, 2.24) is 10.3 Å². The Bertz CT molecular complexity index is 259. The molecule has 1 fully saturated rings. The molecule has 1 aromatic rings. The van der Waals surface area contributed by atoms with Crippen molar-refractivity contribution in [1.29, 1.82) is 0 Å². The van der Waals surface area contributed by atoms with Gasteiger partial charge < -0.3 is 10.4 Å². The van der Waals surface area contributed by atoms with Gasteiger partial charge in [0.15, 0.2) is 0 Å². The van der Waals surface area contributed by atoms with Crippen molar-refractivity contribution in [2.45, 2.75) is 25.0 Å². The van der Waals surface area contributed by atoms with Gasteiger partial charge in [-0.3, -0.25) is 4.98 Å². The molecule has 70 valence electrons. The Labute approximate surface area is 77.8 Å². The molecular formula is C10H14N2O. The number of pyridine rings is 1. The monoisotopic (exact) mass is 178 g/mol. The predicted octanol–water partition coefficient (Wildman–Crippen LogP) is 0.867. The predicted molar refractivity (Wildman–Crippen MR) is 50.2 cm³/mol. The standard InChI is InChI=1S/C10H14N2O/c13-10(7-12-9-1-2-9)8-3-5-11-6-4-8/h3-6,9-10,12-13H,1-2,7H2. The van der Waals surface area contributed by atoms with Crippen LogP contribution in [0.4, 0.5) is 0 Å². The van der Waals surface area contributed by atoms with Crippen LogP contribution < -0.4 is 5.32 Å². The van der Waals surface area contributed by atoms with Crippen molar-refractivity contribution in [2.75, 3.05) is 6.54 Å². The summed E-state index contributed by atoms with van der Waals surface area (Å²) in [6.45, 7) is 0.648. The second-order valence-corrected chi connectivity index (χ2v) is 3.48. The first-order chi connectivity index (χ1) is 6.36. The van der Waals surface area contributed by atoms with E-state index in [9.17, 15) is 5.11 Å². The third-order valence-electron chi connectivity index (χ3n) is 2.27. The molecule has 0 radical (unpaired) electrons. The fourth-order valence-corrected chi connectivity index (χ4v) is 1.27. The maximum atomic E-state index is 9.71. The minimum atomic E-state index is -0.399. The summed E-state index contributed by atoms with van der Waals surface area (Å²) in [6, 6.07) is 4.34. The summed E-state index contributed by atoms with van der Waals surface area (Å²) in [4.78, 5) is 3.90. The third kappa shape index (κ3) is 2.50. The van der Waals surface area contributed by atoms with Crippen LogP contribution in [0.2, 0.25) is 0 Å². The van der Waals surface area contributed by atoms with Crippen LogP contribution in [0, 0.1) is 0 Å². The van der Waals surface area contributed by atoms with Gasteiger partial charge in [-0.25, -0.2) is 0 Å². The molecule has 1 atom stereocenters. The van der Waals surface area contributed by atoms with Gasteiger partial charge in [-0.2, -0.15) is 0 Å². The van der Waals surface area contributed by atoms with Crippen LogP contribution in [0.25, 0.3) is 0 Å². The molecule has 1 aliphatic carbocycles. The van der Waals surface area contributed by atoms with E-state index < -0.39 is 6.10 Å². The quantitative estimate of drug-likeness (QED) is 0.719. The third-order valence-corrected chi connectivity index (χ3v) is 2.27. The van der Waals surface area contributed by atoms with Crippen molar-refractivity contribution < 1.29 is 5.11 Å². The Kier molecular flexibility index (Phi) is 2.57. The van der Waals surface area contributed by atoms with E-state index >= 15 is 0 Å². The van der Waals surface area contributed by atoms with E-state index in [2.05, 4.69) is 10.3 Å². The molecule has 2 N–H and O–H groups in total. The summed E-state index contributed by atoms with van der Waals surface area (Å²) in [6.07, 6.45) is 5.51. The van der Waals surface area contributed by atoms with Gasteiger partial charge in [0.05, 0.1) is 6.10 Å². The van der Waals surface area contributed by atoms with Crippen molar-refractivity contribution in [3.8, 4) is 0 Å². The lowest BCUT2D eigenvalue weighted by Gasteiger charge is -2.10. The normalized spacial score (nSPS) is 18.5. The van der Waals surface area contributed by atoms with E-state index in [1.54, 1.807) is 12.4 Å². The summed E-state index contributed by atoms with van der Waals surface area (Å²) in [5.41, 5.74) is 0.933. The maximum Gasteiger partial charge on any atom is 0.0915 e. The van der Waals surface area contributed by atoms with Gasteiger partial charge in [0, 0.05) is 25.0 Å². The molecule has 3 nitrogen and oxygen atoms in total. The fraction of sp³-hybridized carbons (Fsp3) is 0.500. The van der Waals surface area contributed by atoms with Gasteiger partial charge in [0.25, 0.3) is 0 Å². The number of hydrogen-bond donors (Lipinski definition) is 2. The van der Waals surface area contributed by atoms with Crippen LogP contribution in [-0.4, -0.2) is 22.7 Å². The van der Waals surface area contributed by atoms with Gasteiger partial charge in [-0.1, -0.05) is 0 Å². The zero-order valence-electron chi connectivity index (χ0n) is 7.48. The average molecular weight is 178 g/mol. The zero-order chi connectivity index (χ0) is 9.10. The smallest absolute Gasteiger partial charge is 0.0915 e. The Morgan fingerprint density at radius 2 is 2.15 bits per heavy atom. The number of aliphatic hydroxyl groups excluding tert-OH is 1. The van der Waals surface area contributed by atoms with Gasteiger partial charge >= 0.3 is 0 Å². The zero-order valence-corrected chi connectivity index (χ0v) is 7.48. The van der Waals surface area contributed by atoms with E-state index in [0.29, 0.717) is 12.6 Å². The Hall–Kier alpha value is -0.930. The number of rotatable bonds is 4. The first-order valence-corrected chi connectivity index (χ1v) is 4.67. The highest BCUT2D eigenvalue weighted by molar-refractivity contribution is 5.13. The molecule has 1 unspecified atom stereocenters. The van der Waals surface area contributed by atoms with E-state index in [0.717, 1.165) is 5.56 Å². The molecule has 13 heavy (non-hydrogen) atoms. The molecule has 1 saturated carbocycles. The van der Waals surface area contributed by atoms with Crippen LogP contribution >= 0.6 is 0 Å². The first kappa shape index (κ1) is 8.66. The van der Waals surface area contributed by atoms with E-state index in [4.69, 9.17) is 0 Å². The molecule has 1 aromatic heterocycles. The lowest BCUT2D eigenvalue weighted by Crippen LogP contribution is -2.23. The van der Waals surface area contributed by atoms with E-state index in [-0.39, 0.29) is 0 Å². The van der Waals surface area contributed by atoms with Crippen molar-refractivity contribution in [2.24, 2.45) is 0 Å². The Morgan fingerprint density at radius 3 is 2.77 bits per heavy atom. The molecule has 1 heterocycles. The number of aliphatic hydroxyl groups is 1. The molecule has 0 aromatic carbocycles. The number of nitrogens with zero attached hydrogens (tertiary/aromatic N) is 1. The summed E-state index contributed by atoms with van der Waals surface area (Å²) < 4.78 is 0. The molecule has 0 amide bonds. The number of aromatic nitrogens is 1. The lowest BCUT2D eigenvalue weighted by atomic mass is 10.1. The van der Waals surface area contributed by atoms with Crippen LogP contribution in [-0.2, 0) is 0 Å². The van der Waals surface area contributed by atoms with Gasteiger partial charge in [-0.05, 0) is 30.5 Å². The van der Waals surface area contributed by atoms with Crippen molar-refractivity contribution in [3.05, 3.63) is 30.1 Å². The maximum absolute atomic E-state index is 9.71. The lowest BCUT2D eigenvalue weighted by molar-refractivity contribution is 0.174. The molecule has 3 heteroatoms. The van der Waals surface area contributed by atoms with Crippen LogP contribution in [0.3, 0.4) is 0 Å². The number of nitrogens with one attached hydrogen (secondary N) is 1. The molecule has 0 saturated heterocycles. The van der Waals surface area contributed by atoms with E-state index in [1.807, 2.05) is 12.1 Å².